The second-order valence-corrected chi connectivity index (χ2v) is 7.49. The molecule has 1 aromatic heterocycles. The molecule has 0 amide bonds. The molecule has 3 rings (SSSR count). The lowest BCUT2D eigenvalue weighted by Gasteiger charge is -2.15. The van der Waals surface area contributed by atoms with Crippen LogP contribution in [0.15, 0.2) is 47.6 Å². The van der Waals surface area contributed by atoms with E-state index >= 15 is 0 Å². The average Bonchev–Trinajstić information content (AvgIpc) is 3.00. The zero-order valence-corrected chi connectivity index (χ0v) is 16.1. The van der Waals surface area contributed by atoms with Crippen molar-refractivity contribution < 1.29 is 0 Å². The molecule has 0 fully saturated rings. The second-order valence-electron chi connectivity index (χ2n) is 6.11. The van der Waals surface area contributed by atoms with E-state index in [9.17, 15) is 0 Å². The standard InChI is InChI=1S/C19H21ClN4S/c1-12-6-4-5-7-15(12)11-25-19-23-22-18(14(3)21)24(19)17-10-16(20)9-8-13(17)2/h4-10,14H,11,21H2,1-3H3. The Hall–Kier alpha value is -1.82. The molecule has 1 unspecified atom stereocenters. The first-order chi connectivity index (χ1) is 12.0. The highest BCUT2D eigenvalue weighted by atomic mass is 35.5. The Morgan fingerprint density at radius 1 is 1.12 bits per heavy atom. The molecule has 25 heavy (non-hydrogen) atoms. The third-order valence-electron chi connectivity index (χ3n) is 4.10. The Balaban J connectivity index is 2.00. The predicted octanol–water partition coefficient (Wildman–Crippen LogP) is 4.85. The molecule has 6 heteroatoms. The smallest absolute Gasteiger partial charge is 0.196 e. The van der Waals surface area contributed by atoms with Crippen LogP contribution in [0.5, 0.6) is 0 Å². The molecule has 0 bridgehead atoms. The summed E-state index contributed by atoms with van der Waals surface area (Å²) in [5.74, 6) is 1.56. The average molecular weight is 373 g/mol. The van der Waals surface area contributed by atoms with Gasteiger partial charge in [0.05, 0.1) is 11.7 Å². The highest BCUT2D eigenvalue weighted by molar-refractivity contribution is 7.98. The summed E-state index contributed by atoms with van der Waals surface area (Å²) in [6, 6.07) is 14.0. The Morgan fingerprint density at radius 2 is 1.88 bits per heavy atom. The molecule has 0 aliphatic rings. The van der Waals surface area contributed by atoms with Crippen LogP contribution in [0.25, 0.3) is 5.69 Å². The molecule has 2 N–H and O–H groups in total. The summed E-state index contributed by atoms with van der Waals surface area (Å²) in [6.45, 7) is 6.08. The van der Waals surface area contributed by atoms with Crippen LogP contribution in [0.2, 0.25) is 5.02 Å². The number of rotatable bonds is 5. The number of thioether (sulfide) groups is 1. The molecule has 0 radical (unpaired) electrons. The first-order valence-electron chi connectivity index (χ1n) is 8.12. The summed E-state index contributed by atoms with van der Waals surface area (Å²) in [6.07, 6.45) is 0. The van der Waals surface area contributed by atoms with E-state index in [0.29, 0.717) is 5.02 Å². The number of aryl methyl sites for hydroxylation is 2. The maximum atomic E-state index is 6.22. The van der Waals surface area contributed by atoms with Crippen LogP contribution in [0.3, 0.4) is 0 Å². The zero-order chi connectivity index (χ0) is 18.0. The van der Waals surface area contributed by atoms with Gasteiger partial charge in [0, 0.05) is 10.8 Å². The summed E-state index contributed by atoms with van der Waals surface area (Å²) in [5.41, 5.74) is 10.7. The number of aromatic nitrogens is 3. The normalized spacial score (nSPS) is 12.4. The quantitative estimate of drug-likeness (QED) is 0.650. The van der Waals surface area contributed by atoms with Gasteiger partial charge in [0.25, 0.3) is 0 Å². The summed E-state index contributed by atoms with van der Waals surface area (Å²) < 4.78 is 2.02. The van der Waals surface area contributed by atoms with Crippen molar-refractivity contribution in [3.8, 4) is 5.69 Å². The lowest BCUT2D eigenvalue weighted by Crippen LogP contribution is -2.13. The molecular formula is C19H21ClN4S. The van der Waals surface area contributed by atoms with Crippen LogP contribution in [0.1, 0.15) is 35.5 Å². The molecule has 2 aromatic carbocycles. The Morgan fingerprint density at radius 3 is 2.60 bits per heavy atom. The third-order valence-corrected chi connectivity index (χ3v) is 5.31. The first-order valence-corrected chi connectivity index (χ1v) is 9.48. The SMILES string of the molecule is Cc1ccccc1CSc1nnc(C(C)N)n1-c1cc(Cl)ccc1C. The van der Waals surface area contributed by atoms with Crippen LogP contribution < -0.4 is 5.73 Å². The van der Waals surface area contributed by atoms with E-state index < -0.39 is 0 Å². The molecular weight excluding hydrogens is 352 g/mol. The van der Waals surface area contributed by atoms with Crippen molar-refractivity contribution in [2.24, 2.45) is 5.73 Å². The predicted molar refractivity (Wildman–Crippen MR) is 104 cm³/mol. The van der Waals surface area contributed by atoms with Gasteiger partial charge in [-0.3, -0.25) is 4.57 Å². The van der Waals surface area contributed by atoms with Crippen molar-refractivity contribution in [1.29, 1.82) is 0 Å². The van der Waals surface area contributed by atoms with E-state index in [-0.39, 0.29) is 6.04 Å². The fourth-order valence-electron chi connectivity index (χ4n) is 2.63. The zero-order valence-electron chi connectivity index (χ0n) is 14.5. The van der Waals surface area contributed by atoms with E-state index in [1.165, 1.54) is 11.1 Å². The monoisotopic (exact) mass is 372 g/mol. The number of nitrogens with zero attached hydrogens (tertiary/aromatic N) is 3. The Kier molecular flexibility index (Phi) is 5.47. The van der Waals surface area contributed by atoms with Crippen molar-refractivity contribution in [2.75, 3.05) is 0 Å². The lowest BCUT2D eigenvalue weighted by atomic mass is 10.1. The van der Waals surface area contributed by atoms with Crippen molar-refractivity contribution in [1.82, 2.24) is 14.8 Å². The van der Waals surface area contributed by atoms with Crippen molar-refractivity contribution in [3.63, 3.8) is 0 Å². The summed E-state index contributed by atoms with van der Waals surface area (Å²) in [7, 11) is 0. The highest BCUT2D eigenvalue weighted by Gasteiger charge is 2.19. The molecule has 0 saturated heterocycles. The van der Waals surface area contributed by atoms with Gasteiger partial charge in [-0.2, -0.15) is 0 Å². The minimum absolute atomic E-state index is 0.223. The van der Waals surface area contributed by atoms with Crippen LogP contribution in [-0.4, -0.2) is 14.8 Å². The molecule has 0 spiro atoms. The summed E-state index contributed by atoms with van der Waals surface area (Å²) in [4.78, 5) is 0. The fourth-order valence-corrected chi connectivity index (χ4v) is 3.83. The molecule has 4 nitrogen and oxygen atoms in total. The molecule has 0 aliphatic carbocycles. The van der Waals surface area contributed by atoms with Gasteiger partial charge >= 0.3 is 0 Å². The second kappa shape index (κ2) is 7.60. The summed E-state index contributed by atoms with van der Waals surface area (Å²) >= 11 is 7.87. The van der Waals surface area contributed by atoms with E-state index in [1.54, 1.807) is 11.8 Å². The third kappa shape index (κ3) is 3.89. The number of nitrogens with two attached hydrogens (primary N) is 1. The molecule has 3 aromatic rings. The number of hydrogen-bond donors (Lipinski definition) is 1. The molecule has 1 heterocycles. The molecule has 0 aliphatic heterocycles. The van der Waals surface area contributed by atoms with E-state index in [4.69, 9.17) is 17.3 Å². The van der Waals surface area contributed by atoms with E-state index in [1.807, 2.05) is 36.6 Å². The molecule has 130 valence electrons. The van der Waals surface area contributed by atoms with Crippen molar-refractivity contribution >= 4 is 23.4 Å². The van der Waals surface area contributed by atoms with Crippen LogP contribution >= 0.6 is 23.4 Å². The topological polar surface area (TPSA) is 56.7 Å². The largest absolute Gasteiger partial charge is 0.322 e. The first kappa shape index (κ1) is 18.0. The van der Waals surface area contributed by atoms with E-state index in [0.717, 1.165) is 28.0 Å². The Bertz CT molecular complexity index is 889. The molecule has 0 saturated carbocycles. The van der Waals surface area contributed by atoms with Crippen LogP contribution in [0.4, 0.5) is 0 Å². The number of halogens is 1. The van der Waals surface area contributed by atoms with Crippen molar-refractivity contribution in [3.05, 3.63) is 70.0 Å². The van der Waals surface area contributed by atoms with Gasteiger partial charge in [-0.15, -0.1) is 10.2 Å². The minimum Gasteiger partial charge on any atom is -0.322 e. The number of hydrogen-bond acceptors (Lipinski definition) is 4. The fraction of sp³-hybridized carbons (Fsp3) is 0.263. The lowest BCUT2D eigenvalue weighted by molar-refractivity contribution is 0.703. The maximum absolute atomic E-state index is 6.22. The van der Waals surface area contributed by atoms with Gasteiger partial charge in [0.2, 0.25) is 0 Å². The highest BCUT2D eigenvalue weighted by Crippen LogP contribution is 2.30. The van der Waals surface area contributed by atoms with Gasteiger partial charge in [-0.25, -0.2) is 0 Å². The minimum atomic E-state index is -0.223. The van der Waals surface area contributed by atoms with Crippen LogP contribution in [-0.2, 0) is 5.75 Å². The number of benzene rings is 2. The van der Waals surface area contributed by atoms with Gasteiger partial charge < -0.3 is 5.73 Å². The molecule has 1 atom stereocenters. The van der Waals surface area contributed by atoms with E-state index in [2.05, 4.69) is 41.4 Å². The van der Waals surface area contributed by atoms with Gasteiger partial charge in [-0.1, -0.05) is 53.7 Å². The summed E-state index contributed by atoms with van der Waals surface area (Å²) in [5, 5.41) is 10.2. The van der Waals surface area contributed by atoms with Gasteiger partial charge in [-0.05, 0) is 49.6 Å². The van der Waals surface area contributed by atoms with Gasteiger partial charge in [0.15, 0.2) is 11.0 Å². The Labute approximate surface area is 157 Å². The van der Waals surface area contributed by atoms with Crippen molar-refractivity contribution in [2.45, 2.75) is 37.7 Å². The maximum Gasteiger partial charge on any atom is 0.196 e. The van der Waals surface area contributed by atoms with Gasteiger partial charge in [0.1, 0.15) is 0 Å². The van der Waals surface area contributed by atoms with Crippen LogP contribution in [0, 0.1) is 13.8 Å².